The summed E-state index contributed by atoms with van der Waals surface area (Å²) in [5, 5.41) is 11.9. The Labute approximate surface area is 135 Å². The SMILES string of the molecule is O=C(NCc1ccccc1OCCO)C1CCn2cncc2C1. The number of hydrogen-bond acceptors (Lipinski definition) is 4. The molecule has 6 heteroatoms. The monoisotopic (exact) mass is 315 g/mol. The van der Waals surface area contributed by atoms with Crippen molar-refractivity contribution < 1.29 is 14.6 Å². The number of imidazole rings is 1. The van der Waals surface area contributed by atoms with Crippen LogP contribution in [-0.2, 0) is 24.3 Å². The maximum atomic E-state index is 12.4. The Kier molecular flexibility index (Phi) is 4.92. The first kappa shape index (κ1) is 15.6. The van der Waals surface area contributed by atoms with Gasteiger partial charge in [-0.3, -0.25) is 4.79 Å². The summed E-state index contributed by atoms with van der Waals surface area (Å²) in [7, 11) is 0. The minimum absolute atomic E-state index is 0.00952. The quantitative estimate of drug-likeness (QED) is 0.838. The lowest BCUT2D eigenvalue weighted by molar-refractivity contribution is -0.125. The highest BCUT2D eigenvalue weighted by Gasteiger charge is 2.24. The summed E-state index contributed by atoms with van der Waals surface area (Å²) in [6.45, 7) is 1.48. The van der Waals surface area contributed by atoms with Crippen molar-refractivity contribution in [3.8, 4) is 5.75 Å². The first-order chi connectivity index (χ1) is 11.3. The Morgan fingerprint density at radius 3 is 3.17 bits per heavy atom. The van der Waals surface area contributed by atoms with Crippen molar-refractivity contribution in [2.45, 2.75) is 25.9 Å². The first-order valence-electron chi connectivity index (χ1n) is 7.86. The summed E-state index contributed by atoms with van der Waals surface area (Å²) in [4.78, 5) is 16.5. The number of aromatic nitrogens is 2. The van der Waals surface area contributed by atoms with Gasteiger partial charge in [0.15, 0.2) is 0 Å². The summed E-state index contributed by atoms with van der Waals surface area (Å²) in [5.74, 6) is 0.753. The number of ether oxygens (including phenoxy) is 1. The Morgan fingerprint density at radius 2 is 2.30 bits per heavy atom. The lowest BCUT2D eigenvalue weighted by atomic mass is 9.95. The van der Waals surface area contributed by atoms with Crippen LogP contribution in [0.5, 0.6) is 5.75 Å². The number of hydrogen-bond donors (Lipinski definition) is 2. The zero-order chi connectivity index (χ0) is 16.1. The second-order valence-electron chi connectivity index (χ2n) is 5.67. The molecule has 2 heterocycles. The summed E-state index contributed by atoms with van der Waals surface area (Å²) in [5.41, 5.74) is 2.03. The van der Waals surface area contributed by atoms with Crippen LogP contribution in [0.25, 0.3) is 0 Å². The molecule has 1 amide bonds. The molecule has 2 N–H and O–H groups in total. The zero-order valence-electron chi connectivity index (χ0n) is 12.9. The van der Waals surface area contributed by atoms with Gasteiger partial charge in [0.1, 0.15) is 12.4 Å². The van der Waals surface area contributed by atoms with Gasteiger partial charge in [-0.15, -0.1) is 0 Å². The molecule has 0 aliphatic carbocycles. The molecule has 0 radical (unpaired) electrons. The molecule has 0 spiro atoms. The molecule has 1 atom stereocenters. The molecule has 1 aromatic carbocycles. The van der Waals surface area contributed by atoms with Crippen molar-refractivity contribution in [3.63, 3.8) is 0 Å². The molecule has 0 saturated heterocycles. The maximum absolute atomic E-state index is 12.4. The number of rotatable bonds is 6. The van der Waals surface area contributed by atoms with Crippen molar-refractivity contribution in [2.75, 3.05) is 13.2 Å². The summed E-state index contributed by atoms with van der Waals surface area (Å²) in [6, 6.07) is 7.55. The average Bonchev–Trinajstić information content (AvgIpc) is 3.06. The van der Waals surface area contributed by atoms with E-state index in [2.05, 4.69) is 14.9 Å². The van der Waals surface area contributed by atoms with E-state index in [1.54, 1.807) is 0 Å². The van der Waals surface area contributed by atoms with Crippen LogP contribution in [0.1, 0.15) is 17.7 Å². The number of aliphatic hydroxyl groups is 1. The zero-order valence-corrected chi connectivity index (χ0v) is 12.9. The fourth-order valence-electron chi connectivity index (χ4n) is 2.87. The van der Waals surface area contributed by atoms with Gasteiger partial charge in [-0.05, 0) is 12.5 Å². The third kappa shape index (κ3) is 3.71. The molecule has 122 valence electrons. The number of carbonyl (C=O) groups is 1. The van der Waals surface area contributed by atoms with Gasteiger partial charge < -0.3 is 19.7 Å². The van der Waals surface area contributed by atoms with Gasteiger partial charge in [0.2, 0.25) is 5.91 Å². The maximum Gasteiger partial charge on any atom is 0.223 e. The third-order valence-electron chi connectivity index (χ3n) is 4.12. The van der Waals surface area contributed by atoms with Gasteiger partial charge in [-0.2, -0.15) is 0 Å². The number of fused-ring (bicyclic) bond motifs is 1. The normalized spacial score (nSPS) is 16.7. The molecule has 1 aliphatic rings. The Bertz CT molecular complexity index is 669. The van der Waals surface area contributed by atoms with Crippen LogP contribution in [0.3, 0.4) is 0 Å². The lowest BCUT2D eigenvalue weighted by Crippen LogP contribution is -2.34. The highest BCUT2D eigenvalue weighted by molar-refractivity contribution is 5.79. The number of nitrogens with one attached hydrogen (secondary N) is 1. The summed E-state index contributed by atoms with van der Waals surface area (Å²) in [6.07, 6.45) is 5.21. The van der Waals surface area contributed by atoms with Crippen molar-refractivity contribution in [1.29, 1.82) is 0 Å². The van der Waals surface area contributed by atoms with Crippen LogP contribution >= 0.6 is 0 Å². The van der Waals surface area contributed by atoms with Crippen LogP contribution < -0.4 is 10.1 Å². The Balaban J connectivity index is 1.57. The molecule has 3 rings (SSSR count). The van der Waals surface area contributed by atoms with Gasteiger partial charge in [0.25, 0.3) is 0 Å². The Morgan fingerprint density at radius 1 is 1.43 bits per heavy atom. The fourth-order valence-corrected chi connectivity index (χ4v) is 2.87. The smallest absolute Gasteiger partial charge is 0.223 e. The van der Waals surface area contributed by atoms with E-state index in [-0.39, 0.29) is 25.0 Å². The molecule has 6 nitrogen and oxygen atoms in total. The number of carbonyl (C=O) groups excluding carboxylic acids is 1. The predicted molar refractivity (Wildman–Crippen MR) is 84.9 cm³/mol. The molecular formula is C17H21N3O3. The van der Waals surface area contributed by atoms with E-state index in [1.807, 2.05) is 36.8 Å². The third-order valence-corrected chi connectivity index (χ3v) is 4.12. The van der Waals surface area contributed by atoms with Gasteiger partial charge in [0.05, 0.1) is 12.9 Å². The van der Waals surface area contributed by atoms with Gasteiger partial charge in [-0.1, -0.05) is 18.2 Å². The minimum Gasteiger partial charge on any atom is -0.491 e. The Hall–Kier alpha value is -2.34. The molecular weight excluding hydrogens is 294 g/mol. The minimum atomic E-state index is -0.0313. The summed E-state index contributed by atoms with van der Waals surface area (Å²) >= 11 is 0. The second-order valence-corrected chi connectivity index (χ2v) is 5.67. The predicted octanol–water partition coefficient (Wildman–Crippen LogP) is 1.13. The number of nitrogens with zero attached hydrogens (tertiary/aromatic N) is 2. The van der Waals surface area contributed by atoms with E-state index in [9.17, 15) is 4.79 Å². The van der Waals surface area contributed by atoms with Crippen LogP contribution in [0, 0.1) is 5.92 Å². The topological polar surface area (TPSA) is 76.4 Å². The number of benzene rings is 1. The van der Waals surface area contributed by atoms with Crippen LogP contribution in [0.15, 0.2) is 36.8 Å². The molecule has 23 heavy (non-hydrogen) atoms. The molecule has 0 saturated carbocycles. The van der Waals surface area contributed by atoms with Crippen LogP contribution in [0.4, 0.5) is 0 Å². The van der Waals surface area contributed by atoms with E-state index in [4.69, 9.17) is 9.84 Å². The molecule has 2 aromatic rings. The lowest BCUT2D eigenvalue weighted by Gasteiger charge is -2.23. The molecule has 0 fully saturated rings. The van der Waals surface area contributed by atoms with Gasteiger partial charge in [0, 0.05) is 42.9 Å². The van der Waals surface area contributed by atoms with Gasteiger partial charge in [-0.25, -0.2) is 4.98 Å². The molecule has 1 aliphatic heterocycles. The largest absolute Gasteiger partial charge is 0.491 e. The van der Waals surface area contributed by atoms with Crippen molar-refractivity contribution in [1.82, 2.24) is 14.9 Å². The highest BCUT2D eigenvalue weighted by Crippen LogP contribution is 2.21. The van der Waals surface area contributed by atoms with E-state index < -0.39 is 0 Å². The number of aliphatic hydroxyl groups excluding tert-OH is 1. The highest BCUT2D eigenvalue weighted by atomic mass is 16.5. The number of para-hydroxylation sites is 1. The van der Waals surface area contributed by atoms with Crippen molar-refractivity contribution >= 4 is 5.91 Å². The van der Waals surface area contributed by atoms with Gasteiger partial charge >= 0.3 is 0 Å². The standard InChI is InChI=1S/C17H21N3O3/c21-7-8-23-16-4-2-1-3-14(16)10-19-17(22)13-5-6-20-12-18-11-15(20)9-13/h1-4,11-13,21H,5-10H2,(H,19,22). The van der Waals surface area contributed by atoms with Crippen molar-refractivity contribution in [3.05, 3.63) is 48.0 Å². The number of amides is 1. The molecule has 1 aromatic heterocycles. The fraction of sp³-hybridized carbons (Fsp3) is 0.412. The van der Waals surface area contributed by atoms with Crippen molar-refractivity contribution in [2.24, 2.45) is 5.92 Å². The van der Waals surface area contributed by atoms with E-state index in [1.165, 1.54) is 0 Å². The molecule has 1 unspecified atom stereocenters. The summed E-state index contributed by atoms with van der Waals surface area (Å²) < 4.78 is 7.59. The van der Waals surface area contributed by atoms with Crippen LogP contribution in [0.2, 0.25) is 0 Å². The van der Waals surface area contributed by atoms with Crippen LogP contribution in [-0.4, -0.2) is 33.8 Å². The van der Waals surface area contributed by atoms with E-state index in [0.29, 0.717) is 12.3 Å². The van der Waals surface area contributed by atoms with E-state index >= 15 is 0 Å². The number of aryl methyl sites for hydroxylation is 1. The molecule has 0 bridgehead atoms. The average molecular weight is 315 g/mol. The second kappa shape index (κ2) is 7.28. The van der Waals surface area contributed by atoms with E-state index in [0.717, 1.165) is 30.6 Å². The first-order valence-corrected chi connectivity index (χ1v) is 7.86.